The maximum Gasteiger partial charge on any atom is 0.338 e. The van der Waals surface area contributed by atoms with Crippen molar-refractivity contribution in [3.63, 3.8) is 0 Å². The van der Waals surface area contributed by atoms with E-state index in [1.54, 1.807) is 18.6 Å². The lowest BCUT2D eigenvalue weighted by Gasteiger charge is -2.25. The SMILES string of the molecule is COCCOC(=O)C1=C(C)N=c2sc(=Cc3cccc(OC(C)C)c3)c(=O)n2C1c1ccc(C(C)C)cc1. The number of thiazole rings is 1. The van der Waals surface area contributed by atoms with E-state index in [1.165, 1.54) is 16.9 Å². The van der Waals surface area contributed by atoms with Crippen molar-refractivity contribution in [3.8, 4) is 5.75 Å². The molecule has 0 saturated heterocycles. The fourth-order valence-electron chi connectivity index (χ4n) is 4.36. The third kappa shape index (κ3) is 5.97. The van der Waals surface area contributed by atoms with E-state index in [4.69, 9.17) is 14.2 Å². The molecule has 1 unspecified atom stereocenters. The summed E-state index contributed by atoms with van der Waals surface area (Å²) in [6.45, 7) is 10.4. The van der Waals surface area contributed by atoms with Crippen LogP contribution in [-0.2, 0) is 14.3 Å². The van der Waals surface area contributed by atoms with Gasteiger partial charge >= 0.3 is 5.97 Å². The van der Waals surface area contributed by atoms with Gasteiger partial charge in [0.1, 0.15) is 12.4 Å². The van der Waals surface area contributed by atoms with Crippen molar-refractivity contribution in [2.45, 2.75) is 52.7 Å². The summed E-state index contributed by atoms with van der Waals surface area (Å²) in [5.74, 6) is 0.591. The zero-order valence-electron chi connectivity index (χ0n) is 22.7. The van der Waals surface area contributed by atoms with E-state index in [0.717, 1.165) is 16.9 Å². The molecule has 1 aromatic heterocycles. The second-order valence-electron chi connectivity index (χ2n) is 9.77. The number of hydrogen-bond donors (Lipinski definition) is 0. The third-order valence-electron chi connectivity index (χ3n) is 6.21. The standard InChI is InChI=1S/C30H34N2O5S/c1-18(2)22-10-12-23(13-11-22)27-26(29(34)36-15-14-35-6)20(5)31-30-32(27)28(33)25(38-30)17-21-8-7-9-24(16-21)37-19(3)4/h7-13,16-19,27H,14-15H2,1-6H3. The van der Waals surface area contributed by atoms with Crippen molar-refractivity contribution in [3.05, 3.63) is 96.2 Å². The van der Waals surface area contributed by atoms with Crippen molar-refractivity contribution in [1.29, 1.82) is 0 Å². The minimum absolute atomic E-state index is 0.0442. The molecule has 1 aliphatic rings. The van der Waals surface area contributed by atoms with Crippen LogP contribution in [0.15, 0.2) is 69.6 Å². The first-order valence-corrected chi connectivity index (χ1v) is 13.6. The highest BCUT2D eigenvalue weighted by molar-refractivity contribution is 7.07. The second kappa shape index (κ2) is 11.9. The first-order valence-electron chi connectivity index (χ1n) is 12.7. The normalized spacial score (nSPS) is 15.6. The van der Waals surface area contributed by atoms with Crippen LogP contribution in [-0.4, -0.2) is 37.0 Å². The highest BCUT2D eigenvalue weighted by Crippen LogP contribution is 2.31. The average Bonchev–Trinajstić information content (AvgIpc) is 3.17. The van der Waals surface area contributed by atoms with Crippen LogP contribution < -0.4 is 19.6 Å². The van der Waals surface area contributed by atoms with Crippen LogP contribution in [0.3, 0.4) is 0 Å². The first kappa shape index (κ1) is 27.5. The number of carbonyl (C=O) groups excluding carboxylic acids is 1. The smallest absolute Gasteiger partial charge is 0.338 e. The van der Waals surface area contributed by atoms with Crippen LogP contribution in [0.5, 0.6) is 5.75 Å². The summed E-state index contributed by atoms with van der Waals surface area (Å²) in [5.41, 5.74) is 3.52. The maximum atomic E-state index is 13.8. The summed E-state index contributed by atoms with van der Waals surface area (Å²) >= 11 is 1.30. The minimum atomic E-state index is -0.653. The van der Waals surface area contributed by atoms with Gasteiger partial charge in [-0.2, -0.15) is 0 Å². The third-order valence-corrected chi connectivity index (χ3v) is 7.19. The fourth-order valence-corrected chi connectivity index (χ4v) is 5.40. The van der Waals surface area contributed by atoms with Crippen molar-refractivity contribution in [2.24, 2.45) is 4.99 Å². The molecule has 38 heavy (non-hydrogen) atoms. The molecule has 2 aromatic carbocycles. The molecule has 0 fully saturated rings. The van der Waals surface area contributed by atoms with E-state index in [1.807, 2.05) is 68.5 Å². The molecule has 4 rings (SSSR count). The van der Waals surface area contributed by atoms with Crippen molar-refractivity contribution in [1.82, 2.24) is 4.57 Å². The maximum absolute atomic E-state index is 13.8. The molecule has 8 heteroatoms. The van der Waals surface area contributed by atoms with Gasteiger partial charge in [-0.05, 0) is 61.6 Å². The van der Waals surface area contributed by atoms with Crippen LogP contribution in [0.25, 0.3) is 6.08 Å². The highest BCUT2D eigenvalue weighted by Gasteiger charge is 2.33. The van der Waals surface area contributed by atoms with E-state index in [2.05, 4.69) is 18.8 Å². The van der Waals surface area contributed by atoms with E-state index >= 15 is 0 Å². The number of carbonyl (C=O) groups is 1. The van der Waals surface area contributed by atoms with Crippen molar-refractivity contribution < 1.29 is 19.0 Å². The number of allylic oxidation sites excluding steroid dienone is 1. The molecule has 200 valence electrons. The molecule has 3 aromatic rings. The molecule has 0 spiro atoms. The summed E-state index contributed by atoms with van der Waals surface area (Å²) in [4.78, 5) is 32.3. The van der Waals surface area contributed by atoms with Gasteiger partial charge in [-0.15, -0.1) is 0 Å². The van der Waals surface area contributed by atoms with E-state index in [9.17, 15) is 9.59 Å². The van der Waals surface area contributed by atoms with Gasteiger partial charge in [-0.3, -0.25) is 9.36 Å². The quantitative estimate of drug-likeness (QED) is 0.302. The molecule has 0 amide bonds. The molecule has 7 nitrogen and oxygen atoms in total. The number of esters is 1. The van der Waals surface area contributed by atoms with Crippen LogP contribution in [0, 0.1) is 0 Å². The minimum Gasteiger partial charge on any atom is -0.491 e. The summed E-state index contributed by atoms with van der Waals surface area (Å²) in [5, 5.41) is 0. The number of ether oxygens (including phenoxy) is 3. The molecular weight excluding hydrogens is 500 g/mol. The zero-order chi connectivity index (χ0) is 27.4. The average molecular weight is 535 g/mol. The summed E-state index contributed by atoms with van der Waals surface area (Å²) < 4.78 is 18.5. The molecule has 1 atom stereocenters. The molecule has 1 aliphatic heterocycles. The Balaban J connectivity index is 1.84. The van der Waals surface area contributed by atoms with Crippen molar-refractivity contribution in [2.75, 3.05) is 20.3 Å². The van der Waals surface area contributed by atoms with Crippen molar-refractivity contribution >= 4 is 23.4 Å². The predicted octanol–water partition coefficient (Wildman–Crippen LogP) is 4.34. The van der Waals surface area contributed by atoms with Gasteiger partial charge in [0.15, 0.2) is 4.80 Å². The molecule has 0 radical (unpaired) electrons. The van der Waals surface area contributed by atoms with Gasteiger partial charge in [0.05, 0.1) is 34.6 Å². The zero-order valence-corrected chi connectivity index (χ0v) is 23.5. The largest absolute Gasteiger partial charge is 0.491 e. The topological polar surface area (TPSA) is 79.1 Å². The second-order valence-corrected chi connectivity index (χ2v) is 10.8. The van der Waals surface area contributed by atoms with Gasteiger partial charge in [-0.1, -0.05) is 61.6 Å². The molecule has 0 N–H and O–H groups in total. The Kier molecular flexibility index (Phi) is 8.64. The number of hydrogen-bond acceptors (Lipinski definition) is 7. The monoisotopic (exact) mass is 534 g/mol. The number of methoxy groups -OCH3 is 1. The number of rotatable bonds is 9. The first-order chi connectivity index (χ1) is 18.2. The van der Waals surface area contributed by atoms with Crippen LogP contribution in [0.2, 0.25) is 0 Å². The Morgan fingerprint density at radius 2 is 1.84 bits per heavy atom. The Labute approximate surface area is 226 Å². The Bertz CT molecular complexity index is 1510. The van der Waals surface area contributed by atoms with Gasteiger partial charge in [0, 0.05) is 7.11 Å². The molecule has 0 aliphatic carbocycles. The lowest BCUT2D eigenvalue weighted by atomic mass is 9.93. The van der Waals surface area contributed by atoms with E-state index in [-0.39, 0.29) is 24.9 Å². The number of fused-ring (bicyclic) bond motifs is 1. The molecule has 0 saturated carbocycles. The number of aromatic nitrogens is 1. The molecule has 2 heterocycles. The lowest BCUT2D eigenvalue weighted by molar-refractivity contribution is -0.140. The molecule has 0 bridgehead atoms. The summed E-state index contributed by atoms with van der Waals surface area (Å²) in [6.07, 6.45) is 1.88. The Morgan fingerprint density at radius 1 is 1.11 bits per heavy atom. The van der Waals surface area contributed by atoms with Crippen LogP contribution in [0.1, 0.15) is 63.3 Å². The van der Waals surface area contributed by atoms with Gasteiger partial charge in [0.25, 0.3) is 5.56 Å². The molecular formula is C30H34N2O5S. The van der Waals surface area contributed by atoms with Gasteiger partial charge in [0.2, 0.25) is 0 Å². The highest BCUT2D eigenvalue weighted by atomic mass is 32.1. The van der Waals surface area contributed by atoms with E-state index in [0.29, 0.717) is 26.5 Å². The van der Waals surface area contributed by atoms with E-state index < -0.39 is 12.0 Å². The van der Waals surface area contributed by atoms with Crippen LogP contribution in [0.4, 0.5) is 0 Å². The summed E-state index contributed by atoms with van der Waals surface area (Å²) in [6, 6.07) is 15.0. The van der Waals surface area contributed by atoms with Gasteiger partial charge < -0.3 is 14.2 Å². The Hall–Kier alpha value is -3.49. The lowest BCUT2D eigenvalue weighted by Crippen LogP contribution is -2.40. The van der Waals surface area contributed by atoms with Gasteiger partial charge in [-0.25, -0.2) is 9.79 Å². The summed E-state index contributed by atoms with van der Waals surface area (Å²) in [7, 11) is 1.55. The number of nitrogens with zero attached hydrogens (tertiary/aromatic N) is 2. The Morgan fingerprint density at radius 3 is 2.50 bits per heavy atom. The predicted molar refractivity (Wildman–Crippen MR) is 149 cm³/mol. The fraction of sp³-hybridized carbons (Fsp3) is 0.367. The van der Waals surface area contributed by atoms with Crippen LogP contribution >= 0.6 is 11.3 Å². The number of benzene rings is 2.